The van der Waals surface area contributed by atoms with Crippen LogP contribution in [0.3, 0.4) is 0 Å². The number of carbonyl (C=O) groups is 2. The lowest BCUT2D eigenvalue weighted by molar-refractivity contribution is 0.0920. The lowest BCUT2D eigenvalue weighted by Gasteiger charge is -2.11. The van der Waals surface area contributed by atoms with Crippen LogP contribution < -0.4 is 9.47 Å². The highest BCUT2D eigenvalue weighted by atomic mass is 35.5. The Kier molecular flexibility index (Phi) is 5.42. The van der Waals surface area contributed by atoms with Crippen molar-refractivity contribution >= 4 is 29.2 Å². The fourth-order valence-electron chi connectivity index (χ4n) is 3.28. The van der Waals surface area contributed by atoms with E-state index in [0.717, 1.165) is 11.1 Å². The number of hydrogen-bond donors (Lipinski definition) is 0. The predicted octanol–water partition coefficient (Wildman–Crippen LogP) is 5.83. The van der Waals surface area contributed by atoms with Gasteiger partial charge in [0.25, 0.3) is 0 Å². The molecule has 0 aromatic heterocycles. The smallest absolute Gasteiger partial charge is 0.231 e. The van der Waals surface area contributed by atoms with Crippen LogP contribution in [-0.4, -0.2) is 18.2 Å². The summed E-state index contributed by atoms with van der Waals surface area (Å²) in [5, 5.41) is 0.568. The standard InChI is InChI=1S/C25H19ClO4/c1-15-5-3-4-6-18(15)13-23-24(28)20-11-12-22(16(2)25(20)30-23)29-14-21(27)17-7-9-19(26)10-8-17/h3-13H,14H2,1-2H3/b23-13-. The third-order valence-electron chi connectivity index (χ3n) is 5.04. The Hall–Kier alpha value is -3.37. The summed E-state index contributed by atoms with van der Waals surface area (Å²) in [4.78, 5) is 25.1. The van der Waals surface area contributed by atoms with Crippen molar-refractivity contribution in [3.63, 3.8) is 0 Å². The van der Waals surface area contributed by atoms with Crippen molar-refractivity contribution in [1.29, 1.82) is 0 Å². The summed E-state index contributed by atoms with van der Waals surface area (Å²) in [5.41, 5.74) is 3.67. The van der Waals surface area contributed by atoms with Crippen LogP contribution in [0, 0.1) is 13.8 Å². The highest BCUT2D eigenvalue weighted by Gasteiger charge is 2.30. The summed E-state index contributed by atoms with van der Waals surface area (Å²) in [6, 6.07) is 17.8. The van der Waals surface area contributed by atoms with E-state index in [2.05, 4.69) is 0 Å². The van der Waals surface area contributed by atoms with E-state index >= 15 is 0 Å². The van der Waals surface area contributed by atoms with E-state index in [-0.39, 0.29) is 23.9 Å². The number of Topliss-reactive ketones (excluding diaryl/α,β-unsaturated/α-hetero) is 2. The molecule has 3 aromatic rings. The Morgan fingerprint density at radius 3 is 2.50 bits per heavy atom. The van der Waals surface area contributed by atoms with Gasteiger partial charge < -0.3 is 9.47 Å². The van der Waals surface area contributed by atoms with Crippen LogP contribution in [0.15, 0.2) is 66.4 Å². The number of ether oxygens (including phenoxy) is 2. The molecule has 0 aliphatic carbocycles. The average Bonchev–Trinajstić information content (AvgIpc) is 3.06. The van der Waals surface area contributed by atoms with Crippen LogP contribution in [-0.2, 0) is 0 Å². The van der Waals surface area contributed by atoms with Crippen LogP contribution >= 0.6 is 11.6 Å². The molecule has 0 saturated carbocycles. The fraction of sp³-hybridized carbons (Fsp3) is 0.120. The largest absolute Gasteiger partial charge is 0.485 e. The first-order chi connectivity index (χ1) is 14.4. The van der Waals surface area contributed by atoms with Gasteiger partial charge >= 0.3 is 0 Å². The van der Waals surface area contributed by atoms with Crippen LogP contribution in [0.1, 0.15) is 37.4 Å². The van der Waals surface area contributed by atoms with E-state index in [0.29, 0.717) is 33.2 Å². The molecule has 0 bridgehead atoms. The molecule has 0 unspecified atom stereocenters. The molecule has 0 atom stereocenters. The van der Waals surface area contributed by atoms with Crippen molar-refractivity contribution in [2.75, 3.05) is 6.61 Å². The number of aryl methyl sites for hydroxylation is 1. The third-order valence-corrected chi connectivity index (χ3v) is 5.29. The molecule has 1 heterocycles. The molecule has 5 heteroatoms. The zero-order valence-corrected chi connectivity index (χ0v) is 17.3. The maximum absolute atomic E-state index is 12.8. The Labute approximate surface area is 179 Å². The summed E-state index contributed by atoms with van der Waals surface area (Å²) in [6.45, 7) is 3.67. The quantitative estimate of drug-likeness (QED) is 0.386. The monoisotopic (exact) mass is 418 g/mol. The van der Waals surface area contributed by atoms with Crippen molar-refractivity contribution in [2.24, 2.45) is 0 Å². The van der Waals surface area contributed by atoms with Gasteiger partial charge in [0, 0.05) is 16.1 Å². The molecule has 0 N–H and O–H groups in total. The van der Waals surface area contributed by atoms with Crippen LogP contribution in [0.25, 0.3) is 6.08 Å². The number of ketones is 2. The Bertz CT molecular complexity index is 1180. The van der Waals surface area contributed by atoms with Gasteiger partial charge in [-0.3, -0.25) is 9.59 Å². The number of rotatable bonds is 5. The normalized spacial score (nSPS) is 13.8. The highest BCUT2D eigenvalue weighted by molar-refractivity contribution is 6.30. The van der Waals surface area contributed by atoms with Crippen LogP contribution in [0.4, 0.5) is 0 Å². The number of allylic oxidation sites excluding steroid dienone is 1. The summed E-state index contributed by atoms with van der Waals surface area (Å²) in [7, 11) is 0. The lowest BCUT2D eigenvalue weighted by Crippen LogP contribution is -2.12. The van der Waals surface area contributed by atoms with Gasteiger partial charge in [-0.05, 0) is 67.4 Å². The Morgan fingerprint density at radius 1 is 1.03 bits per heavy atom. The van der Waals surface area contributed by atoms with Crippen molar-refractivity contribution in [3.05, 3.63) is 99.3 Å². The first-order valence-electron chi connectivity index (χ1n) is 9.49. The summed E-state index contributed by atoms with van der Waals surface area (Å²) >= 11 is 5.86. The van der Waals surface area contributed by atoms with Gasteiger partial charge in [-0.15, -0.1) is 0 Å². The molecule has 150 valence electrons. The van der Waals surface area contributed by atoms with Crippen molar-refractivity contribution in [1.82, 2.24) is 0 Å². The van der Waals surface area contributed by atoms with Crippen LogP contribution in [0.5, 0.6) is 11.5 Å². The first-order valence-corrected chi connectivity index (χ1v) is 9.87. The van der Waals surface area contributed by atoms with E-state index in [1.807, 2.05) is 38.1 Å². The summed E-state index contributed by atoms with van der Waals surface area (Å²) in [5.74, 6) is 0.915. The zero-order valence-electron chi connectivity index (χ0n) is 16.6. The van der Waals surface area contributed by atoms with Gasteiger partial charge in [0.1, 0.15) is 11.5 Å². The van der Waals surface area contributed by atoms with E-state index in [1.165, 1.54) is 0 Å². The second kappa shape index (κ2) is 8.17. The molecule has 0 amide bonds. The summed E-state index contributed by atoms with van der Waals surface area (Å²) in [6.07, 6.45) is 1.75. The number of halogens is 1. The number of fused-ring (bicyclic) bond motifs is 1. The van der Waals surface area contributed by atoms with Gasteiger partial charge in [0.15, 0.2) is 18.1 Å². The topological polar surface area (TPSA) is 52.6 Å². The maximum Gasteiger partial charge on any atom is 0.231 e. The molecular weight excluding hydrogens is 400 g/mol. The van der Waals surface area contributed by atoms with E-state index in [1.54, 1.807) is 42.5 Å². The van der Waals surface area contributed by atoms with Crippen molar-refractivity contribution in [3.8, 4) is 11.5 Å². The van der Waals surface area contributed by atoms with Gasteiger partial charge in [0.05, 0.1) is 5.56 Å². The van der Waals surface area contributed by atoms with E-state index in [4.69, 9.17) is 21.1 Å². The Morgan fingerprint density at radius 2 is 1.77 bits per heavy atom. The highest BCUT2D eigenvalue weighted by Crippen LogP contribution is 2.39. The van der Waals surface area contributed by atoms with Crippen LogP contribution in [0.2, 0.25) is 5.02 Å². The van der Waals surface area contributed by atoms with E-state index in [9.17, 15) is 9.59 Å². The minimum atomic E-state index is -0.167. The molecule has 0 saturated heterocycles. The molecule has 4 nitrogen and oxygen atoms in total. The van der Waals surface area contributed by atoms with Gasteiger partial charge in [-0.2, -0.15) is 0 Å². The number of benzene rings is 3. The van der Waals surface area contributed by atoms with Crippen molar-refractivity contribution < 1.29 is 19.1 Å². The third kappa shape index (κ3) is 3.87. The Balaban J connectivity index is 1.54. The predicted molar refractivity (Wildman–Crippen MR) is 117 cm³/mol. The molecule has 30 heavy (non-hydrogen) atoms. The molecule has 1 aliphatic heterocycles. The first kappa shape index (κ1) is 19.9. The molecule has 1 aliphatic rings. The minimum absolute atomic E-state index is 0.124. The second-order valence-corrected chi connectivity index (χ2v) is 7.52. The van der Waals surface area contributed by atoms with Gasteiger partial charge in [0.2, 0.25) is 5.78 Å². The fourth-order valence-corrected chi connectivity index (χ4v) is 3.40. The van der Waals surface area contributed by atoms with Crippen molar-refractivity contribution in [2.45, 2.75) is 13.8 Å². The van der Waals surface area contributed by atoms with E-state index < -0.39 is 0 Å². The SMILES string of the molecule is Cc1ccccc1/C=C1\Oc2c(ccc(OCC(=O)c3ccc(Cl)cc3)c2C)C1=O. The molecule has 0 fully saturated rings. The molecule has 0 spiro atoms. The molecule has 0 radical (unpaired) electrons. The number of carbonyl (C=O) groups excluding carboxylic acids is 2. The lowest BCUT2D eigenvalue weighted by atomic mass is 10.0. The molecule has 4 rings (SSSR count). The van der Waals surface area contributed by atoms with Gasteiger partial charge in [-0.1, -0.05) is 35.9 Å². The average molecular weight is 419 g/mol. The molecular formula is C25H19ClO4. The number of hydrogen-bond acceptors (Lipinski definition) is 4. The van der Waals surface area contributed by atoms with Gasteiger partial charge in [-0.25, -0.2) is 0 Å². The second-order valence-electron chi connectivity index (χ2n) is 7.08. The minimum Gasteiger partial charge on any atom is -0.485 e. The zero-order chi connectivity index (χ0) is 21.3. The summed E-state index contributed by atoms with van der Waals surface area (Å²) < 4.78 is 11.6. The molecule has 3 aromatic carbocycles. The maximum atomic E-state index is 12.8.